The molecule has 0 bridgehead atoms. The first kappa shape index (κ1) is 17.9. The lowest BCUT2D eigenvalue weighted by Crippen LogP contribution is -2.01. The van der Waals surface area contributed by atoms with Gasteiger partial charge >= 0.3 is 0 Å². The maximum Gasteiger partial charge on any atom is 0.195 e. The number of Topliss-reactive ketones (excluding diaryl/α,β-unsaturated/α-hetero) is 1. The van der Waals surface area contributed by atoms with Gasteiger partial charge in [0.2, 0.25) is 0 Å². The molecule has 30 heavy (non-hydrogen) atoms. The molecule has 5 rings (SSSR count). The third-order valence-corrected chi connectivity index (χ3v) is 5.26. The lowest BCUT2D eigenvalue weighted by Gasteiger charge is -2.09. The zero-order valence-corrected chi connectivity index (χ0v) is 15.0. The smallest absolute Gasteiger partial charge is 0.195 e. The summed E-state index contributed by atoms with van der Waals surface area (Å²) in [5.41, 5.74) is 0.993. The number of carbonyl (C=O) groups is 1. The van der Waals surface area contributed by atoms with Gasteiger partial charge < -0.3 is 5.11 Å². The first-order valence-corrected chi connectivity index (χ1v) is 8.80. The van der Waals surface area contributed by atoms with Crippen LogP contribution in [0.4, 0.5) is 13.2 Å². The molecule has 7 heteroatoms. The van der Waals surface area contributed by atoms with E-state index in [-0.39, 0.29) is 22.5 Å². The number of aromatic hydroxyl groups is 1. The number of phenols is 1. The minimum atomic E-state index is -1.72. The van der Waals surface area contributed by atoms with E-state index in [2.05, 4.69) is 4.98 Å². The Bertz CT molecular complexity index is 1410. The molecule has 1 N–H and O–H groups in total. The fraction of sp³-hybridized carbons (Fsp3) is 0. The second-order valence-corrected chi connectivity index (χ2v) is 6.77. The molecule has 1 heterocycles. The molecule has 4 nitrogen and oxygen atoms in total. The van der Waals surface area contributed by atoms with Crippen molar-refractivity contribution in [1.82, 2.24) is 4.98 Å². The van der Waals surface area contributed by atoms with Gasteiger partial charge in [0.1, 0.15) is 5.75 Å². The fourth-order valence-corrected chi connectivity index (χ4v) is 4.09. The number of allylic oxidation sites excluding steroid dienone is 3. The van der Waals surface area contributed by atoms with Crippen LogP contribution in [-0.2, 0) is 0 Å². The van der Waals surface area contributed by atoms with Crippen molar-refractivity contribution in [3.63, 3.8) is 0 Å². The normalized spacial score (nSPS) is 17.7. The van der Waals surface area contributed by atoms with E-state index >= 15 is 0 Å². The van der Waals surface area contributed by atoms with Crippen molar-refractivity contribution < 1.29 is 23.1 Å². The van der Waals surface area contributed by atoms with E-state index in [4.69, 9.17) is 0 Å². The number of carbonyl (C=O) groups excluding carboxylic acids is 1. The summed E-state index contributed by atoms with van der Waals surface area (Å²) in [6.07, 6.45) is 2.45. The van der Waals surface area contributed by atoms with E-state index in [1.54, 1.807) is 30.3 Å². The Morgan fingerprint density at radius 3 is 2.50 bits per heavy atom. The Hall–Kier alpha value is -4.18. The summed E-state index contributed by atoms with van der Waals surface area (Å²) >= 11 is 0. The summed E-state index contributed by atoms with van der Waals surface area (Å²) in [5, 5.41) is 19.6. The maximum absolute atomic E-state index is 14.6. The Labute approximate surface area is 167 Å². The summed E-state index contributed by atoms with van der Waals surface area (Å²) in [4.78, 5) is 17.5. The highest BCUT2D eigenvalue weighted by Crippen LogP contribution is 2.52. The van der Waals surface area contributed by atoms with Crippen molar-refractivity contribution in [1.29, 1.82) is 5.26 Å². The molecule has 0 radical (unpaired) electrons. The second-order valence-electron chi connectivity index (χ2n) is 6.77. The number of phenolic OH excluding ortho intramolecular Hbond substituents is 1. The van der Waals surface area contributed by atoms with Crippen LogP contribution in [0.1, 0.15) is 27.0 Å². The van der Waals surface area contributed by atoms with Crippen LogP contribution in [0.3, 0.4) is 0 Å². The first-order valence-electron chi connectivity index (χ1n) is 8.80. The lowest BCUT2D eigenvalue weighted by molar-refractivity contribution is 0.104. The van der Waals surface area contributed by atoms with Gasteiger partial charge in [-0.15, -0.1) is 0 Å². The summed E-state index contributed by atoms with van der Waals surface area (Å²) in [6.45, 7) is 0. The summed E-state index contributed by atoms with van der Waals surface area (Å²) in [5.74, 6) is -5.56. The van der Waals surface area contributed by atoms with Gasteiger partial charge in [-0.3, -0.25) is 9.78 Å². The molecular formula is C23H9F3N2O2. The number of rotatable bonds is 0. The predicted octanol–water partition coefficient (Wildman–Crippen LogP) is 4.79. The van der Waals surface area contributed by atoms with Crippen LogP contribution < -0.4 is 0 Å². The third-order valence-electron chi connectivity index (χ3n) is 5.26. The van der Waals surface area contributed by atoms with E-state index in [0.717, 1.165) is 6.08 Å². The summed E-state index contributed by atoms with van der Waals surface area (Å²) < 4.78 is 42.4. The molecule has 0 unspecified atom stereocenters. The quantitative estimate of drug-likeness (QED) is 0.261. The number of pyridine rings is 1. The molecule has 0 saturated carbocycles. The Kier molecular flexibility index (Phi) is 3.67. The molecule has 0 fully saturated rings. The molecule has 0 saturated heterocycles. The van der Waals surface area contributed by atoms with Crippen LogP contribution in [0.25, 0.3) is 22.4 Å². The van der Waals surface area contributed by atoms with E-state index in [1.165, 1.54) is 12.3 Å². The number of fused-ring (bicyclic) bond motifs is 4. The number of nitrogens with zero attached hydrogens (tertiary/aromatic N) is 2. The zero-order chi connectivity index (χ0) is 21.2. The fourth-order valence-electron chi connectivity index (χ4n) is 4.09. The van der Waals surface area contributed by atoms with Gasteiger partial charge in [0.15, 0.2) is 23.2 Å². The largest absolute Gasteiger partial charge is 0.507 e. The van der Waals surface area contributed by atoms with Crippen molar-refractivity contribution in [2.75, 3.05) is 0 Å². The topological polar surface area (TPSA) is 74.0 Å². The molecule has 0 aliphatic heterocycles. The summed E-state index contributed by atoms with van der Waals surface area (Å²) in [7, 11) is 0. The van der Waals surface area contributed by atoms with Crippen LogP contribution >= 0.6 is 0 Å². The SMILES string of the molecule is N#C/C=C1/C(=C2/c3cccnc3-c3c(O)cccc32)C(=O)c2cc(F)c(F)c(F)c21. The molecule has 0 amide bonds. The van der Waals surface area contributed by atoms with Gasteiger partial charge in [0.25, 0.3) is 0 Å². The number of halogens is 3. The minimum Gasteiger partial charge on any atom is -0.507 e. The highest BCUT2D eigenvalue weighted by atomic mass is 19.2. The van der Waals surface area contributed by atoms with Crippen LogP contribution in [0.5, 0.6) is 5.75 Å². The Balaban J connectivity index is 1.95. The van der Waals surface area contributed by atoms with Crippen molar-refractivity contribution in [3.8, 4) is 23.1 Å². The number of hydrogen-bond donors (Lipinski definition) is 1. The van der Waals surface area contributed by atoms with Crippen LogP contribution in [0, 0.1) is 28.8 Å². The molecule has 144 valence electrons. The monoisotopic (exact) mass is 402 g/mol. The molecule has 2 aliphatic rings. The second kappa shape index (κ2) is 6.16. The van der Waals surface area contributed by atoms with Crippen molar-refractivity contribution >= 4 is 16.9 Å². The van der Waals surface area contributed by atoms with Gasteiger partial charge in [-0.25, -0.2) is 13.2 Å². The van der Waals surface area contributed by atoms with E-state index in [9.17, 15) is 28.3 Å². The van der Waals surface area contributed by atoms with Gasteiger partial charge in [-0.1, -0.05) is 18.2 Å². The lowest BCUT2D eigenvalue weighted by atomic mass is 9.93. The highest BCUT2D eigenvalue weighted by Gasteiger charge is 2.40. The number of aromatic nitrogens is 1. The molecule has 1 aromatic heterocycles. The van der Waals surface area contributed by atoms with E-state index < -0.39 is 28.8 Å². The molecule has 0 spiro atoms. The molecule has 3 aromatic rings. The number of hydrogen-bond acceptors (Lipinski definition) is 4. The average Bonchev–Trinajstić information content (AvgIpc) is 3.20. The van der Waals surface area contributed by atoms with Crippen LogP contribution in [-0.4, -0.2) is 15.9 Å². The average molecular weight is 402 g/mol. The first-order chi connectivity index (χ1) is 14.5. The van der Waals surface area contributed by atoms with Gasteiger partial charge in [-0.05, 0) is 23.8 Å². The van der Waals surface area contributed by atoms with Crippen molar-refractivity contribution in [2.45, 2.75) is 0 Å². The molecule has 2 aliphatic carbocycles. The minimum absolute atomic E-state index is 0.0694. The Morgan fingerprint density at radius 2 is 1.73 bits per heavy atom. The summed E-state index contributed by atoms with van der Waals surface area (Å²) in [6, 6.07) is 10.4. The molecule has 2 aromatic carbocycles. The van der Waals surface area contributed by atoms with Gasteiger partial charge in [0, 0.05) is 45.7 Å². The third kappa shape index (κ3) is 2.16. The standard InChI is InChI=1S/C23H9F3N2O2/c24-14-9-13-17(21(26)20(14)25)11(6-7-27)19(23(13)30)16-10-3-1-5-15(29)18(10)22-12(16)4-2-8-28-22/h1-6,8-9,29H/b11-6+,19-16-. The van der Waals surface area contributed by atoms with Crippen LogP contribution in [0.15, 0.2) is 54.2 Å². The Morgan fingerprint density at radius 1 is 0.967 bits per heavy atom. The van der Waals surface area contributed by atoms with Crippen LogP contribution in [0.2, 0.25) is 0 Å². The predicted molar refractivity (Wildman–Crippen MR) is 102 cm³/mol. The molecule has 0 atom stereocenters. The van der Waals surface area contributed by atoms with E-state index in [1.807, 2.05) is 0 Å². The van der Waals surface area contributed by atoms with Crippen molar-refractivity contribution in [2.24, 2.45) is 0 Å². The highest BCUT2D eigenvalue weighted by molar-refractivity contribution is 6.32. The van der Waals surface area contributed by atoms with Gasteiger partial charge in [-0.2, -0.15) is 5.26 Å². The number of benzene rings is 2. The van der Waals surface area contributed by atoms with Crippen molar-refractivity contribution in [3.05, 3.63) is 93.9 Å². The number of ketones is 1. The van der Waals surface area contributed by atoms with E-state index in [0.29, 0.717) is 34.0 Å². The zero-order valence-electron chi connectivity index (χ0n) is 15.0. The maximum atomic E-state index is 14.6. The molecular weight excluding hydrogens is 393 g/mol. The van der Waals surface area contributed by atoms with Gasteiger partial charge in [0.05, 0.1) is 17.3 Å². The number of nitriles is 1.